The first-order valence-electron chi connectivity index (χ1n) is 10.4. The number of ether oxygens (including phenoxy) is 2. The van der Waals surface area contributed by atoms with Gasteiger partial charge in [0.25, 0.3) is 5.91 Å². The molecule has 8 nitrogen and oxygen atoms in total. The second-order valence-electron chi connectivity index (χ2n) is 7.74. The Morgan fingerprint density at radius 3 is 2.50 bits per heavy atom. The summed E-state index contributed by atoms with van der Waals surface area (Å²) in [5.41, 5.74) is 0. The van der Waals surface area contributed by atoms with E-state index in [1.54, 1.807) is 11.1 Å². The topological polar surface area (TPSA) is 101 Å². The Morgan fingerprint density at radius 2 is 1.88 bits per heavy atom. The third-order valence-electron chi connectivity index (χ3n) is 5.42. The van der Waals surface area contributed by atoms with E-state index in [4.69, 9.17) is 19.4 Å². The zero-order valence-corrected chi connectivity index (χ0v) is 17.9. The van der Waals surface area contributed by atoms with Crippen LogP contribution in [0.5, 0.6) is 5.75 Å². The van der Waals surface area contributed by atoms with E-state index >= 15 is 0 Å². The Hall–Kier alpha value is -3.41. The predicted molar refractivity (Wildman–Crippen MR) is 112 cm³/mol. The molecule has 1 aromatic heterocycles. The summed E-state index contributed by atoms with van der Waals surface area (Å²) in [6, 6.07) is 11.4. The molecule has 0 unspecified atom stereocenters. The second-order valence-corrected chi connectivity index (χ2v) is 7.74. The number of halogens is 4. The van der Waals surface area contributed by atoms with Gasteiger partial charge < -0.3 is 24.8 Å². The summed E-state index contributed by atoms with van der Waals surface area (Å²) in [5, 5.41) is 10.5. The molecule has 2 N–H and O–H groups in total. The molecule has 2 aliphatic rings. The number of fused-ring (bicyclic) bond motifs is 1. The van der Waals surface area contributed by atoms with E-state index in [9.17, 15) is 22.4 Å². The van der Waals surface area contributed by atoms with Crippen molar-refractivity contribution in [3.8, 4) is 5.75 Å². The molecule has 2 aromatic rings. The van der Waals surface area contributed by atoms with Crippen LogP contribution in [0.3, 0.4) is 0 Å². The number of amides is 1. The number of carboxylic acids is 1. The Kier molecular flexibility index (Phi) is 8.26. The largest absolute Gasteiger partial charge is 0.490 e. The number of pyridine rings is 1. The lowest BCUT2D eigenvalue weighted by molar-refractivity contribution is -0.192. The number of hydrogen-bond donors (Lipinski definition) is 2. The highest BCUT2D eigenvalue weighted by atomic mass is 19.4. The van der Waals surface area contributed by atoms with E-state index in [1.807, 2.05) is 18.2 Å². The molecule has 1 aromatic carbocycles. The van der Waals surface area contributed by atoms with E-state index in [0.717, 1.165) is 12.4 Å². The summed E-state index contributed by atoms with van der Waals surface area (Å²) in [6.45, 7) is 2.68. The molecule has 0 saturated carbocycles. The van der Waals surface area contributed by atoms with Gasteiger partial charge >= 0.3 is 12.1 Å². The van der Waals surface area contributed by atoms with Crippen LogP contribution >= 0.6 is 0 Å². The number of benzene rings is 1. The normalized spacial score (nSPS) is 21.3. The molecule has 0 bridgehead atoms. The number of carbonyl (C=O) groups is 2. The van der Waals surface area contributed by atoms with E-state index in [0.29, 0.717) is 37.3 Å². The lowest BCUT2D eigenvalue weighted by Gasteiger charge is -2.20. The molecule has 3 atom stereocenters. The van der Waals surface area contributed by atoms with Crippen LogP contribution in [0.1, 0.15) is 0 Å². The Bertz CT molecular complexity index is 959. The van der Waals surface area contributed by atoms with Crippen LogP contribution in [0.15, 0.2) is 48.7 Å². The number of aromatic nitrogens is 1. The quantitative estimate of drug-likeness (QED) is 0.607. The maximum atomic E-state index is 12.9. The number of anilines is 1. The SMILES string of the molecule is O=C(COc1ccc(F)cc1)N1C[C@@H]2[C@@H](CNc3ccccn3)CO[C@@H]2C1.O=C(O)C(F)(F)F. The van der Waals surface area contributed by atoms with Gasteiger partial charge in [-0.1, -0.05) is 6.07 Å². The van der Waals surface area contributed by atoms with Crippen LogP contribution in [0.25, 0.3) is 0 Å². The first kappa shape index (κ1) is 25.2. The lowest BCUT2D eigenvalue weighted by atomic mass is 9.93. The maximum Gasteiger partial charge on any atom is 0.490 e. The van der Waals surface area contributed by atoms with Gasteiger partial charge in [0.2, 0.25) is 0 Å². The van der Waals surface area contributed by atoms with Crippen LogP contribution in [-0.2, 0) is 14.3 Å². The van der Waals surface area contributed by atoms with Crippen molar-refractivity contribution in [1.29, 1.82) is 0 Å². The second kappa shape index (κ2) is 11.1. The molecular weight excluding hydrogens is 462 g/mol. The molecule has 184 valence electrons. The fourth-order valence-corrected chi connectivity index (χ4v) is 3.68. The standard InChI is InChI=1S/C20H22FN3O3.C2HF3O2/c21-15-4-6-16(7-5-15)26-13-20(25)24-10-17-14(12-27-18(17)11-24)9-23-19-3-1-2-8-22-19;3-2(4,5)1(6)7/h1-8,14,17-18H,9-13H2,(H,22,23);(H,6,7)/t14-,17+,18+;/m0./s1. The Balaban J connectivity index is 0.000000406. The molecule has 0 radical (unpaired) electrons. The Labute approximate surface area is 192 Å². The monoisotopic (exact) mass is 485 g/mol. The molecule has 0 aliphatic carbocycles. The zero-order valence-electron chi connectivity index (χ0n) is 17.9. The third-order valence-corrected chi connectivity index (χ3v) is 5.42. The summed E-state index contributed by atoms with van der Waals surface area (Å²) < 4.78 is 56.0. The highest BCUT2D eigenvalue weighted by molar-refractivity contribution is 5.78. The lowest BCUT2D eigenvalue weighted by Crippen LogP contribution is -2.35. The molecule has 1 amide bonds. The van der Waals surface area contributed by atoms with Crippen LogP contribution in [0.4, 0.5) is 23.4 Å². The van der Waals surface area contributed by atoms with E-state index in [-0.39, 0.29) is 24.4 Å². The van der Waals surface area contributed by atoms with Crippen LogP contribution in [0, 0.1) is 17.7 Å². The molecular formula is C22H23F4N3O5. The Morgan fingerprint density at radius 1 is 1.18 bits per heavy atom. The first-order chi connectivity index (χ1) is 16.1. The minimum absolute atomic E-state index is 0.0536. The van der Waals surface area contributed by atoms with Crippen molar-refractivity contribution in [2.24, 2.45) is 11.8 Å². The van der Waals surface area contributed by atoms with E-state index < -0.39 is 12.1 Å². The summed E-state index contributed by atoms with van der Waals surface area (Å²) in [5.74, 6) is -1.17. The van der Waals surface area contributed by atoms with Crippen molar-refractivity contribution in [1.82, 2.24) is 9.88 Å². The van der Waals surface area contributed by atoms with Gasteiger partial charge in [-0.2, -0.15) is 13.2 Å². The smallest absolute Gasteiger partial charge is 0.484 e. The molecule has 0 spiro atoms. The maximum absolute atomic E-state index is 12.9. The van der Waals surface area contributed by atoms with Crippen molar-refractivity contribution in [3.63, 3.8) is 0 Å². The number of alkyl halides is 3. The van der Waals surface area contributed by atoms with Gasteiger partial charge in [0, 0.05) is 37.7 Å². The molecule has 12 heteroatoms. The van der Waals surface area contributed by atoms with Gasteiger partial charge in [0.15, 0.2) is 6.61 Å². The summed E-state index contributed by atoms with van der Waals surface area (Å²) in [4.78, 5) is 27.4. The van der Waals surface area contributed by atoms with Crippen molar-refractivity contribution >= 4 is 17.7 Å². The van der Waals surface area contributed by atoms with Gasteiger partial charge in [-0.3, -0.25) is 4.79 Å². The molecule has 2 saturated heterocycles. The highest BCUT2D eigenvalue weighted by Crippen LogP contribution is 2.33. The number of likely N-dealkylation sites (tertiary alicyclic amines) is 1. The minimum atomic E-state index is -5.08. The fraction of sp³-hybridized carbons (Fsp3) is 0.409. The fourth-order valence-electron chi connectivity index (χ4n) is 3.68. The van der Waals surface area contributed by atoms with Gasteiger partial charge in [0.05, 0.1) is 12.7 Å². The first-order valence-corrected chi connectivity index (χ1v) is 10.4. The minimum Gasteiger partial charge on any atom is -0.484 e. The molecule has 2 fully saturated rings. The summed E-state index contributed by atoms with van der Waals surface area (Å²) in [7, 11) is 0. The molecule has 4 rings (SSSR count). The average molecular weight is 485 g/mol. The number of nitrogens with one attached hydrogen (secondary N) is 1. The third kappa shape index (κ3) is 7.04. The van der Waals surface area contributed by atoms with Crippen LogP contribution < -0.4 is 10.1 Å². The van der Waals surface area contributed by atoms with Crippen molar-refractivity contribution in [3.05, 3.63) is 54.5 Å². The zero-order chi connectivity index (χ0) is 24.7. The number of hydrogen-bond acceptors (Lipinski definition) is 6. The highest BCUT2D eigenvalue weighted by Gasteiger charge is 2.45. The number of nitrogens with zero attached hydrogens (tertiary/aromatic N) is 2. The molecule has 3 heterocycles. The van der Waals surface area contributed by atoms with E-state index in [2.05, 4.69) is 10.3 Å². The number of aliphatic carboxylic acids is 1. The van der Waals surface area contributed by atoms with Gasteiger partial charge in [-0.15, -0.1) is 0 Å². The predicted octanol–water partition coefficient (Wildman–Crippen LogP) is 2.82. The molecule has 2 aliphatic heterocycles. The summed E-state index contributed by atoms with van der Waals surface area (Å²) >= 11 is 0. The van der Waals surface area contributed by atoms with Crippen molar-refractivity contribution < 1.29 is 41.7 Å². The summed E-state index contributed by atoms with van der Waals surface area (Å²) in [6.07, 6.45) is -3.25. The van der Waals surface area contributed by atoms with Gasteiger partial charge in [-0.05, 0) is 36.4 Å². The molecule has 34 heavy (non-hydrogen) atoms. The van der Waals surface area contributed by atoms with Crippen molar-refractivity contribution in [2.45, 2.75) is 12.3 Å². The van der Waals surface area contributed by atoms with Crippen LogP contribution in [0.2, 0.25) is 0 Å². The number of carbonyl (C=O) groups excluding carboxylic acids is 1. The van der Waals surface area contributed by atoms with Gasteiger partial charge in [-0.25, -0.2) is 14.2 Å². The van der Waals surface area contributed by atoms with Crippen LogP contribution in [-0.4, -0.2) is 72.0 Å². The average Bonchev–Trinajstić information content (AvgIpc) is 3.39. The number of rotatable bonds is 6. The van der Waals surface area contributed by atoms with Gasteiger partial charge in [0.1, 0.15) is 17.4 Å². The number of carboxylic acid groups (broad SMARTS) is 1. The van der Waals surface area contributed by atoms with Crippen molar-refractivity contribution in [2.75, 3.05) is 38.2 Å². The van der Waals surface area contributed by atoms with E-state index in [1.165, 1.54) is 24.3 Å².